The Kier molecular flexibility index (Phi) is 17.2. The first kappa shape index (κ1) is 50.3. The van der Waals surface area contributed by atoms with Crippen molar-refractivity contribution in [2.75, 3.05) is 75.2 Å². The van der Waals surface area contributed by atoms with Crippen LogP contribution in [0.5, 0.6) is 0 Å². The van der Waals surface area contributed by atoms with Crippen molar-refractivity contribution >= 4 is 75.8 Å². The van der Waals surface area contributed by atoms with Gasteiger partial charge in [0.2, 0.25) is 0 Å². The first-order valence-corrected chi connectivity index (χ1v) is 25.7. The summed E-state index contributed by atoms with van der Waals surface area (Å²) in [5, 5.41) is 7.48. The number of carbonyl (C=O) groups excluding carboxylic acids is 3. The average Bonchev–Trinajstić information content (AvgIpc) is 3.70. The van der Waals surface area contributed by atoms with Gasteiger partial charge in [-0.25, -0.2) is 14.8 Å². The molecule has 5 saturated heterocycles. The Bertz CT molecular complexity index is 2360. The Hall–Kier alpha value is -4.05. The van der Waals surface area contributed by atoms with Crippen molar-refractivity contribution in [2.45, 2.75) is 103 Å². The van der Waals surface area contributed by atoms with Crippen LogP contribution in [0, 0.1) is 0 Å². The molecule has 0 bridgehead atoms. The number of piperidine rings is 2. The number of urea groups is 1. The number of pyridine rings is 2. The predicted octanol–water partition coefficient (Wildman–Crippen LogP) is 8.99. The van der Waals surface area contributed by atoms with Gasteiger partial charge in [0, 0.05) is 110 Å². The van der Waals surface area contributed by atoms with Gasteiger partial charge in [-0.15, -0.1) is 0 Å². The highest BCUT2D eigenvalue weighted by Gasteiger charge is 2.37. The molecule has 2 N–H and O–H groups in total. The first-order valence-electron chi connectivity index (χ1n) is 24.2. The molecule has 2 aromatic carbocycles. The van der Waals surface area contributed by atoms with Crippen LogP contribution in [0.15, 0.2) is 73.1 Å². The summed E-state index contributed by atoms with van der Waals surface area (Å²) in [4.78, 5) is 59.2. The zero-order chi connectivity index (χ0) is 47.9. The minimum absolute atomic E-state index is 0.00962. The smallest absolute Gasteiger partial charge is 0.322 e. The third-order valence-corrected chi connectivity index (χ3v) is 15.5. The van der Waals surface area contributed by atoms with Gasteiger partial charge < -0.3 is 15.1 Å². The van der Waals surface area contributed by atoms with Gasteiger partial charge in [-0.3, -0.25) is 34.5 Å². The number of likely N-dealkylation sites (tertiary alicyclic amines) is 2. The average molecular weight is 1010 g/mol. The number of ketones is 1. The molecule has 17 heteroatoms. The van der Waals surface area contributed by atoms with E-state index in [1.165, 1.54) is 36.8 Å². The van der Waals surface area contributed by atoms with Gasteiger partial charge in [0.25, 0.3) is 5.91 Å². The largest absolute Gasteiger partial charge is 0.353 e. The summed E-state index contributed by atoms with van der Waals surface area (Å²) in [7, 11) is 0. The maximum atomic E-state index is 12.0. The third kappa shape index (κ3) is 12.5. The number of piperazine rings is 2. The summed E-state index contributed by atoms with van der Waals surface area (Å²) < 4.78 is 0. The standard InChI is InChI=1S/C26H32Cl2N6O2.C25H32Cl2N4O/c1-2-20-16-33(24-22(28)13-18(14-29-24)23-25(35)31-26(36)30-23)11-12-34(20)21-7-9-32(10-8-21)15-17-3-5-19(27)6-4-17;1-3-22-17-30(25-24(27)14-20(15-28-25)18(2)32)12-13-31(22)23-8-10-29(11-9-23)16-19-4-6-21(26)7-5-19/h3-6,13-14,20-21,23H,2,7-12,15-16H2,1H3,(H2,30,31,35,36);4-7,14-15,22-23H,3,8-13,16-17H2,1-2H3/t20-,23?;22-/m00/s1. The predicted molar refractivity (Wildman–Crippen MR) is 273 cm³/mol. The Balaban J connectivity index is 0.000000185. The van der Waals surface area contributed by atoms with E-state index in [1.54, 1.807) is 31.5 Å². The summed E-state index contributed by atoms with van der Waals surface area (Å²) in [5.74, 6) is 1.14. The molecule has 3 atom stereocenters. The summed E-state index contributed by atoms with van der Waals surface area (Å²) in [6.45, 7) is 18.0. The summed E-state index contributed by atoms with van der Waals surface area (Å²) in [6, 6.07) is 20.8. The molecule has 0 saturated carbocycles. The molecule has 0 radical (unpaired) electrons. The molecule has 0 aliphatic carbocycles. The van der Waals surface area contributed by atoms with E-state index in [2.05, 4.69) is 88.1 Å². The van der Waals surface area contributed by atoms with E-state index in [-0.39, 0.29) is 11.7 Å². The van der Waals surface area contributed by atoms with Gasteiger partial charge in [0.05, 0.1) is 10.0 Å². The Morgan fingerprint density at radius 1 is 0.632 bits per heavy atom. The highest BCUT2D eigenvalue weighted by molar-refractivity contribution is 6.33. The van der Waals surface area contributed by atoms with Crippen molar-refractivity contribution in [3.8, 4) is 0 Å². The van der Waals surface area contributed by atoms with E-state index in [0.717, 1.165) is 113 Å². The fourth-order valence-electron chi connectivity index (χ4n) is 10.7. The molecule has 68 heavy (non-hydrogen) atoms. The highest BCUT2D eigenvalue weighted by Crippen LogP contribution is 2.33. The number of Topliss-reactive ketones (excluding diaryl/α,β-unsaturated/α-hetero) is 1. The lowest BCUT2D eigenvalue weighted by molar-refractivity contribution is -0.120. The van der Waals surface area contributed by atoms with Gasteiger partial charge in [-0.05, 0) is 119 Å². The minimum Gasteiger partial charge on any atom is -0.353 e. The van der Waals surface area contributed by atoms with Crippen molar-refractivity contribution in [1.82, 2.24) is 40.2 Å². The van der Waals surface area contributed by atoms with Crippen LogP contribution in [0.3, 0.4) is 0 Å². The maximum Gasteiger partial charge on any atom is 0.322 e. The summed E-state index contributed by atoms with van der Waals surface area (Å²) >= 11 is 25.2. The molecule has 364 valence electrons. The molecule has 13 nitrogen and oxygen atoms in total. The van der Waals surface area contributed by atoms with Gasteiger partial charge in [-0.2, -0.15) is 0 Å². The van der Waals surface area contributed by atoms with E-state index in [1.807, 2.05) is 24.3 Å². The Morgan fingerprint density at radius 2 is 1.09 bits per heavy atom. The van der Waals surface area contributed by atoms with Crippen LogP contribution in [-0.2, 0) is 17.9 Å². The monoisotopic (exact) mass is 1000 g/mol. The number of nitrogens with zero attached hydrogens (tertiary/aromatic N) is 8. The van der Waals surface area contributed by atoms with Crippen LogP contribution in [0.25, 0.3) is 0 Å². The Morgan fingerprint density at radius 3 is 1.49 bits per heavy atom. The quantitative estimate of drug-likeness (QED) is 0.105. The second-order valence-electron chi connectivity index (χ2n) is 18.8. The van der Waals surface area contributed by atoms with Crippen LogP contribution in [0.1, 0.15) is 92.4 Å². The highest BCUT2D eigenvalue weighted by atomic mass is 35.5. The molecule has 0 spiro atoms. The number of aromatic nitrogens is 2. The van der Waals surface area contributed by atoms with E-state index in [9.17, 15) is 14.4 Å². The fourth-order valence-corrected chi connectivity index (χ4v) is 11.5. The molecule has 7 heterocycles. The van der Waals surface area contributed by atoms with Gasteiger partial charge in [0.1, 0.15) is 17.7 Å². The molecule has 4 aromatic rings. The third-order valence-electron chi connectivity index (χ3n) is 14.5. The molecule has 3 amide bonds. The fraction of sp³-hybridized carbons (Fsp3) is 0.510. The second-order valence-corrected chi connectivity index (χ2v) is 20.5. The number of rotatable bonds is 12. The normalized spacial score (nSPS) is 22.7. The first-order chi connectivity index (χ1) is 32.8. The van der Waals surface area contributed by atoms with Crippen LogP contribution in [-0.4, -0.2) is 137 Å². The lowest BCUT2D eigenvalue weighted by Gasteiger charge is -2.47. The van der Waals surface area contributed by atoms with Crippen molar-refractivity contribution in [2.24, 2.45) is 0 Å². The van der Waals surface area contributed by atoms with Gasteiger partial charge in [-0.1, -0.05) is 84.5 Å². The van der Waals surface area contributed by atoms with Crippen molar-refractivity contribution < 1.29 is 14.4 Å². The Labute approximate surface area is 421 Å². The molecule has 1 unspecified atom stereocenters. The minimum atomic E-state index is -0.748. The zero-order valence-electron chi connectivity index (χ0n) is 39.4. The van der Waals surface area contributed by atoms with E-state index in [4.69, 9.17) is 46.4 Å². The lowest BCUT2D eigenvalue weighted by Crippen LogP contribution is -2.58. The van der Waals surface area contributed by atoms with Crippen LogP contribution in [0.2, 0.25) is 20.1 Å². The van der Waals surface area contributed by atoms with Crippen molar-refractivity contribution in [3.05, 3.63) is 115 Å². The number of benzene rings is 2. The topological polar surface area (TPSA) is 120 Å². The maximum absolute atomic E-state index is 12.0. The molecule has 5 fully saturated rings. The number of anilines is 2. The SMILES string of the molecule is CC[C@H]1CN(c2ncc(C(C)=O)cc2Cl)CCN1C1CCN(Cc2ccc(Cl)cc2)CC1.CC[C@H]1CN(c2ncc(C3NC(=O)NC3=O)cc2Cl)CCN1C1CCN(Cc2ccc(Cl)cc2)CC1. The van der Waals surface area contributed by atoms with Crippen molar-refractivity contribution in [1.29, 1.82) is 0 Å². The second kappa shape index (κ2) is 23.2. The zero-order valence-corrected chi connectivity index (χ0v) is 42.4. The van der Waals surface area contributed by atoms with Crippen LogP contribution < -0.4 is 20.4 Å². The molecule has 5 aliphatic rings. The van der Waals surface area contributed by atoms with E-state index < -0.39 is 12.1 Å². The number of hydrogen-bond donors (Lipinski definition) is 2. The number of amides is 3. The lowest BCUT2D eigenvalue weighted by atomic mass is 9.97. The van der Waals surface area contributed by atoms with E-state index >= 15 is 0 Å². The number of halogens is 4. The van der Waals surface area contributed by atoms with E-state index in [0.29, 0.717) is 45.3 Å². The molecular weight excluding hydrogens is 942 g/mol. The molecule has 5 aliphatic heterocycles. The number of imide groups is 1. The molecule has 9 rings (SSSR count). The summed E-state index contributed by atoms with van der Waals surface area (Å²) in [5.41, 5.74) is 3.79. The van der Waals surface area contributed by atoms with Crippen LogP contribution >= 0.6 is 46.4 Å². The summed E-state index contributed by atoms with van der Waals surface area (Å²) in [6.07, 6.45) is 10.2. The number of nitrogens with one attached hydrogen (secondary N) is 2. The van der Waals surface area contributed by atoms with Gasteiger partial charge in [0.15, 0.2) is 5.78 Å². The molecule has 2 aromatic heterocycles. The van der Waals surface area contributed by atoms with Crippen molar-refractivity contribution in [3.63, 3.8) is 0 Å². The molecular formula is C51H64Cl4N10O3. The van der Waals surface area contributed by atoms with Crippen LogP contribution in [0.4, 0.5) is 16.4 Å². The van der Waals surface area contributed by atoms with Gasteiger partial charge >= 0.3 is 6.03 Å². The number of hydrogen-bond acceptors (Lipinski definition) is 11. The number of carbonyl (C=O) groups is 3.